The minimum absolute atomic E-state index is 0.114. The molecule has 1 amide bonds. The maximum absolute atomic E-state index is 12.0. The van der Waals surface area contributed by atoms with Crippen molar-refractivity contribution in [2.24, 2.45) is 0 Å². The molecule has 0 bridgehead atoms. The molecule has 10 heteroatoms. The van der Waals surface area contributed by atoms with Gasteiger partial charge in [0.25, 0.3) is 11.8 Å². The van der Waals surface area contributed by atoms with Gasteiger partial charge in [0.1, 0.15) is 5.75 Å². The summed E-state index contributed by atoms with van der Waals surface area (Å²) in [4.78, 5) is 22.3. The summed E-state index contributed by atoms with van der Waals surface area (Å²) in [6, 6.07) is 9.56. The van der Waals surface area contributed by atoms with Gasteiger partial charge >= 0.3 is 11.0 Å². The highest BCUT2D eigenvalue weighted by Gasteiger charge is 2.18. The summed E-state index contributed by atoms with van der Waals surface area (Å²) in [6.45, 7) is 0. The molecule has 0 fully saturated rings. The number of para-hydroxylation sites is 1. The molecule has 3 aromatic rings. The molecule has 0 saturated heterocycles. The smallest absolute Gasteiger partial charge is 0.324 e. The zero-order valence-corrected chi connectivity index (χ0v) is 13.1. The average Bonchev–Trinajstić information content (AvgIpc) is 3.24. The maximum Gasteiger partial charge on any atom is 0.324 e. The molecule has 9 nitrogen and oxygen atoms in total. The maximum atomic E-state index is 12.0. The van der Waals surface area contributed by atoms with Gasteiger partial charge in [-0.25, -0.2) is 0 Å². The van der Waals surface area contributed by atoms with Gasteiger partial charge < -0.3 is 9.15 Å². The molecule has 0 radical (unpaired) electrons. The van der Waals surface area contributed by atoms with Crippen LogP contribution in [0.1, 0.15) is 9.67 Å². The number of ether oxygens (including phenoxy) is 1. The normalized spacial score (nSPS) is 10.4. The van der Waals surface area contributed by atoms with Crippen molar-refractivity contribution in [2.45, 2.75) is 0 Å². The van der Waals surface area contributed by atoms with E-state index in [2.05, 4.69) is 15.5 Å². The number of nitro groups is 1. The van der Waals surface area contributed by atoms with Gasteiger partial charge in [-0.15, -0.1) is 5.10 Å². The van der Waals surface area contributed by atoms with Crippen LogP contribution in [0.3, 0.4) is 0 Å². The summed E-state index contributed by atoms with van der Waals surface area (Å²) >= 11 is 0.757. The number of carbonyl (C=O) groups is 1. The van der Waals surface area contributed by atoms with Gasteiger partial charge in [0.2, 0.25) is 0 Å². The van der Waals surface area contributed by atoms with Crippen LogP contribution < -0.4 is 10.1 Å². The Kier molecular flexibility index (Phi) is 4.20. The van der Waals surface area contributed by atoms with Crippen LogP contribution in [0.4, 0.5) is 11.0 Å². The van der Waals surface area contributed by atoms with Gasteiger partial charge in [-0.05, 0) is 18.2 Å². The van der Waals surface area contributed by atoms with Crippen LogP contribution >= 0.6 is 11.3 Å². The second kappa shape index (κ2) is 6.46. The van der Waals surface area contributed by atoms with Crippen molar-refractivity contribution in [2.75, 3.05) is 12.4 Å². The van der Waals surface area contributed by atoms with Crippen LogP contribution in [-0.2, 0) is 0 Å². The summed E-state index contributed by atoms with van der Waals surface area (Å²) in [7, 11) is 1.52. The number of methoxy groups -OCH3 is 1. The Hall–Kier alpha value is -3.27. The van der Waals surface area contributed by atoms with E-state index in [1.807, 2.05) is 0 Å². The predicted octanol–water partition coefficient (Wildman–Crippen LogP) is 2.97. The quantitative estimate of drug-likeness (QED) is 0.557. The fourth-order valence-electron chi connectivity index (χ4n) is 1.91. The second-order valence-electron chi connectivity index (χ2n) is 4.46. The number of hydrogen-bond donors (Lipinski definition) is 1. The minimum atomic E-state index is -0.566. The van der Waals surface area contributed by atoms with Crippen molar-refractivity contribution in [3.8, 4) is 17.2 Å². The van der Waals surface area contributed by atoms with Crippen molar-refractivity contribution < 1.29 is 18.9 Å². The number of amides is 1. The first-order valence-electron chi connectivity index (χ1n) is 6.61. The molecule has 0 aliphatic rings. The van der Waals surface area contributed by atoms with E-state index in [1.54, 1.807) is 24.3 Å². The number of anilines is 1. The Labute approximate surface area is 139 Å². The lowest BCUT2D eigenvalue weighted by atomic mass is 10.2. The minimum Gasteiger partial charge on any atom is -0.496 e. The van der Waals surface area contributed by atoms with Crippen LogP contribution in [0.25, 0.3) is 11.5 Å². The third-order valence-electron chi connectivity index (χ3n) is 2.98. The van der Waals surface area contributed by atoms with Gasteiger partial charge in [0, 0.05) is 6.07 Å². The number of rotatable bonds is 5. The van der Waals surface area contributed by atoms with Crippen LogP contribution in [0.15, 0.2) is 40.8 Å². The van der Waals surface area contributed by atoms with Gasteiger partial charge in [-0.2, -0.15) is 0 Å². The molecule has 1 N–H and O–H groups in total. The van der Waals surface area contributed by atoms with E-state index in [-0.39, 0.29) is 21.8 Å². The Morgan fingerprint density at radius 2 is 2.08 bits per heavy atom. The summed E-state index contributed by atoms with van der Waals surface area (Å²) in [5, 5.41) is 20.5. The number of thiophene rings is 1. The predicted molar refractivity (Wildman–Crippen MR) is 85.2 cm³/mol. The average molecular weight is 346 g/mol. The van der Waals surface area contributed by atoms with E-state index in [0.717, 1.165) is 11.3 Å². The van der Waals surface area contributed by atoms with E-state index < -0.39 is 10.8 Å². The summed E-state index contributed by atoms with van der Waals surface area (Å²) in [5.41, 5.74) is 0.583. The number of benzene rings is 1. The van der Waals surface area contributed by atoms with E-state index in [4.69, 9.17) is 9.15 Å². The third-order valence-corrected chi connectivity index (χ3v) is 4.01. The number of nitrogens with one attached hydrogen (secondary N) is 1. The molecule has 0 unspecified atom stereocenters. The monoisotopic (exact) mass is 346 g/mol. The Morgan fingerprint density at radius 1 is 1.29 bits per heavy atom. The van der Waals surface area contributed by atoms with E-state index in [9.17, 15) is 14.9 Å². The number of hydrogen-bond acceptors (Lipinski definition) is 8. The Morgan fingerprint density at radius 3 is 2.79 bits per heavy atom. The largest absolute Gasteiger partial charge is 0.496 e. The molecule has 1 aromatic carbocycles. The molecule has 0 saturated carbocycles. The molecule has 0 aliphatic heterocycles. The highest BCUT2D eigenvalue weighted by molar-refractivity contribution is 7.17. The Bertz CT molecular complexity index is 904. The van der Waals surface area contributed by atoms with Crippen LogP contribution in [0.5, 0.6) is 5.75 Å². The molecule has 0 aliphatic carbocycles. The standard InChI is InChI=1S/C14H10N4O5S/c1-22-9-5-3-2-4-8(9)13-16-17-14(23-13)15-12(19)10-6-7-11(24-10)18(20)21/h2-7H,1H3,(H,15,17,19). The molecule has 2 aromatic heterocycles. The molecule has 122 valence electrons. The lowest BCUT2D eigenvalue weighted by Crippen LogP contribution is -2.10. The second-order valence-corrected chi connectivity index (χ2v) is 5.52. The molecule has 0 atom stereocenters. The fraction of sp³-hybridized carbons (Fsp3) is 0.0714. The lowest BCUT2D eigenvalue weighted by Gasteiger charge is -2.03. The summed E-state index contributed by atoms with van der Waals surface area (Å²) < 4.78 is 10.6. The first kappa shape index (κ1) is 15.6. The SMILES string of the molecule is COc1ccccc1-c1nnc(NC(=O)c2ccc([N+](=O)[O-])s2)o1. The zero-order valence-electron chi connectivity index (χ0n) is 12.3. The van der Waals surface area contributed by atoms with Crippen LogP contribution in [-0.4, -0.2) is 28.1 Å². The zero-order chi connectivity index (χ0) is 17.1. The summed E-state index contributed by atoms with van der Waals surface area (Å²) in [5.74, 6) is 0.163. The highest BCUT2D eigenvalue weighted by atomic mass is 32.1. The fourth-order valence-corrected chi connectivity index (χ4v) is 2.63. The third kappa shape index (κ3) is 3.08. The molecule has 2 heterocycles. The van der Waals surface area contributed by atoms with Gasteiger partial charge in [0.15, 0.2) is 0 Å². The molecule has 24 heavy (non-hydrogen) atoms. The van der Waals surface area contributed by atoms with Crippen molar-refractivity contribution in [3.63, 3.8) is 0 Å². The number of aromatic nitrogens is 2. The summed E-state index contributed by atoms with van der Waals surface area (Å²) in [6.07, 6.45) is 0. The van der Waals surface area contributed by atoms with Gasteiger partial charge in [0.05, 0.1) is 22.5 Å². The molecule has 3 rings (SSSR count). The van der Waals surface area contributed by atoms with Crippen LogP contribution in [0, 0.1) is 10.1 Å². The first-order chi connectivity index (χ1) is 11.6. The lowest BCUT2D eigenvalue weighted by molar-refractivity contribution is -0.380. The van der Waals surface area contributed by atoms with Crippen LogP contribution in [0.2, 0.25) is 0 Å². The van der Waals surface area contributed by atoms with Crippen molar-refractivity contribution in [1.82, 2.24) is 10.2 Å². The van der Waals surface area contributed by atoms with Gasteiger partial charge in [-0.3, -0.25) is 20.2 Å². The number of carbonyl (C=O) groups excluding carboxylic acids is 1. The first-order valence-corrected chi connectivity index (χ1v) is 7.42. The molecular formula is C14H10N4O5S. The van der Waals surface area contributed by atoms with E-state index in [1.165, 1.54) is 19.2 Å². The van der Waals surface area contributed by atoms with Crippen molar-refractivity contribution in [1.29, 1.82) is 0 Å². The number of nitrogens with zero attached hydrogens (tertiary/aromatic N) is 3. The van der Waals surface area contributed by atoms with Crippen molar-refractivity contribution in [3.05, 3.63) is 51.4 Å². The topological polar surface area (TPSA) is 120 Å². The van der Waals surface area contributed by atoms with E-state index in [0.29, 0.717) is 11.3 Å². The molecular weight excluding hydrogens is 336 g/mol. The Balaban J connectivity index is 1.78. The molecule has 0 spiro atoms. The van der Waals surface area contributed by atoms with E-state index >= 15 is 0 Å². The van der Waals surface area contributed by atoms with Gasteiger partial charge in [-0.1, -0.05) is 28.6 Å². The van der Waals surface area contributed by atoms with Crippen molar-refractivity contribution >= 4 is 28.3 Å². The highest BCUT2D eigenvalue weighted by Crippen LogP contribution is 2.29.